The second kappa shape index (κ2) is 6.61. The molecular formula is C16H21NO4. The van der Waals surface area contributed by atoms with E-state index < -0.39 is 6.04 Å². The Balaban J connectivity index is 2.14. The van der Waals surface area contributed by atoms with E-state index in [-0.39, 0.29) is 23.9 Å². The van der Waals surface area contributed by atoms with Gasteiger partial charge in [-0.05, 0) is 38.5 Å². The summed E-state index contributed by atoms with van der Waals surface area (Å²) < 4.78 is 10.6. The Morgan fingerprint density at radius 2 is 2.00 bits per heavy atom. The Bertz CT molecular complexity index is 510. The summed E-state index contributed by atoms with van der Waals surface area (Å²) in [5, 5.41) is 2.69. The topological polar surface area (TPSA) is 64.6 Å². The molecule has 1 heterocycles. The Labute approximate surface area is 124 Å². The number of amides is 1. The molecule has 1 saturated heterocycles. The zero-order valence-corrected chi connectivity index (χ0v) is 12.6. The van der Waals surface area contributed by atoms with Crippen molar-refractivity contribution in [1.29, 1.82) is 0 Å². The third kappa shape index (κ3) is 3.74. The fourth-order valence-corrected chi connectivity index (χ4v) is 2.48. The smallest absolute Gasteiger partial charge is 0.329 e. The van der Waals surface area contributed by atoms with E-state index in [1.807, 2.05) is 38.1 Å². The molecule has 1 aliphatic heterocycles. The minimum Gasteiger partial charge on any atom is -0.491 e. The molecule has 5 heteroatoms. The van der Waals surface area contributed by atoms with Crippen LogP contribution in [-0.4, -0.2) is 30.6 Å². The zero-order valence-electron chi connectivity index (χ0n) is 12.6. The molecule has 0 bridgehead atoms. The lowest BCUT2D eigenvalue weighted by Crippen LogP contribution is -2.37. The highest BCUT2D eigenvalue weighted by Gasteiger charge is 2.39. The summed E-state index contributed by atoms with van der Waals surface area (Å²) in [4.78, 5) is 23.5. The molecule has 1 aromatic carbocycles. The van der Waals surface area contributed by atoms with Crippen LogP contribution in [-0.2, 0) is 14.3 Å². The highest BCUT2D eigenvalue weighted by atomic mass is 16.5. The Morgan fingerprint density at radius 3 is 2.57 bits per heavy atom. The lowest BCUT2D eigenvalue weighted by atomic mass is 9.92. The predicted octanol–water partition coefficient (Wildman–Crippen LogP) is 2.01. The maximum absolute atomic E-state index is 11.9. The lowest BCUT2D eigenvalue weighted by Gasteiger charge is -2.18. The van der Waals surface area contributed by atoms with E-state index in [1.165, 1.54) is 0 Å². The van der Waals surface area contributed by atoms with E-state index in [0.717, 1.165) is 11.3 Å². The van der Waals surface area contributed by atoms with Crippen LogP contribution in [0.5, 0.6) is 5.75 Å². The lowest BCUT2D eigenvalue weighted by molar-refractivity contribution is -0.146. The van der Waals surface area contributed by atoms with Crippen molar-refractivity contribution in [3.05, 3.63) is 29.8 Å². The SMILES string of the molecule is CCOC(=O)C1NC(=O)CC1c1ccc(OC(C)C)cc1. The van der Waals surface area contributed by atoms with Crippen molar-refractivity contribution in [2.24, 2.45) is 0 Å². The quantitative estimate of drug-likeness (QED) is 0.843. The molecule has 2 atom stereocenters. The summed E-state index contributed by atoms with van der Waals surface area (Å²) >= 11 is 0. The average molecular weight is 291 g/mol. The van der Waals surface area contributed by atoms with Crippen molar-refractivity contribution in [3.8, 4) is 5.75 Å². The van der Waals surface area contributed by atoms with Gasteiger partial charge in [0.25, 0.3) is 0 Å². The van der Waals surface area contributed by atoms with Crippen LogP contribution in [0.4, 0.5) is 0 Å². The Hall–Kier alpha value is -2.04. The van der Waals surface area contributed by atoms with E-state index in [4.69, 9.17) is 9.47 Å². The van der Waals surface area contributed by atoms with Crippen molar-refractivity contribution in [2.45, 2.75) is 45.3 Å². The summed E-state index contributed by atoms with van der Waals surface area (Å²) in [6, 6.07) is 6.92. The largest absolute Gasteiger partial charge is 0.491 e. The predicted molar refractivity (Wildman–Crippen MR) is 78.1 cm³/mol. The first-order valence-corrected chi connectivity index (χ1v) is 7.24. The van der Waals surface area contributed by atoms with Gasteiger partial charge < -0.3 is 14.8 Å². The Morgan fingerprint density at radius 1 is 1.33 bits per heavy atom. The third-order valence-electron chi connectivity index (χ3n) is 3.34. The van der Waals surface area contributed by atoms with Crippen molar-refractivity contribution in [2.75, 3.05) is 6.61 Å². The molecule has 0 aromatic heterocycles. The molecule has 0 radical (unpaired) electrons. The van der Waals surface area contributed by atoms with Gasteiger partial charge in [0.05, 0.1) is 12.7 Å². The Kier molecular flexibility index (Phi) is 4.83. The molecule has 114 valence electrons. The van der Waals surface area contributed by atoms with Gasteiger partial charge >= 0.3 is 5.97 Å². The minimum atomic E-state index is -0.602. The number of nitrogens with one attached hydrogen (secondary N) is 1. The van der Waals surface area contributed by atoms with Gasteiger partial charge in [-0.2, -0.15) is 0 Å². The number of carbonyl (C=O) groups excluding carboxylic acids is 2. The molecule has 2 unspecified atom stereocenters. The highest BCUT2D eigenvalue weighted by molar-refractivity contribution is 5.90. The van der Waals surface area contributed by atoms with Gasteiger partial charge in [0.15, 0.2) is 0 Å². The second-order valence-corrected chi connectivity index (χ2v) is 5.34. The van der Waals surface area contributed by atoms with Crippen LogP contribution < -0.4 is 10.1 Å². The number of carbonyl (C=O) groups is 2. The van der Waals surface area contributed by atoms with Crippen LogP contribution >= 0.6 is 0 Å². The number of rotatable bonds is 5. The summed E-state index contributed by atoms with van der Waals surface area (Å²) in [5.74, 6) is 0.0831. The number of ether oxygens (including phenoxy) is 2. The van der Waals surface area contributed by atoms with Gasteiger partial charge in [0.2, 0.25) is 5.91 Å². The van der Waals surface area contributed by atoms with Crippen molar-refractivity contribution >= 4 is 11.9 Å². The first-order valence-electron chi connectivity index (χ1n) is 7.24. The molecular weight excluding hydrogens is 270 g/mol. The number of benzene rings is 1. The summed E-state index contributed by atoms with van der Waals surface area (Å²) in [7, 11) is 0. The van der Waals surface area contributed by atoms with Crippen LogP contribution in [0.15, 0.2) is 24.3 Å². The van der Waals surface area contributed by atoms with Gasteiger partial charge in [0, 0.05) is 12.3 Å². The van der Waals surface area contributed by atoms with E-state index >= 15 is 0 Å². The van der Waals surface area contributed by atoms with Crippen molar-refractivity contribution in [1.82, 2.24) is 5.32 Å². The molecule has 1 N–H and O–H groups in total. The second-order valence-electron chi connectivity index (χ2n) is 5.34. The maximum Gasteiger partial charge on any atom is 0.329 e. The van der Waals surface area contributed by atoms with Gasteiger partial charge in [-0.15, -0.1) is 0 Å². The molecule has 1 amide bonds. The summed E-state index contributed by atoms with van der Waals surface area (Å²) in [6.45, 7) is 5.98. The number of hydrogen-bond acceptors (Lipinski definition) is 4. The van der Waals surface area contributed by atoms with E-state index in [2.05, 4.69) is 5.32 Å². The first-order chi connectivity index (χ1) is 10.0. The first kappa shape index (κ1) is 15.4. The van der Waals surface area contributed by atoms with Gasteiger partial charge in [0.1, 0.15) is 11.8 Å². The fourth-order valence-electron chi connectivity index (χ4n) is 2.48. The third-order valence-corrected chi connectivity index (χ3v) is 3.34. The number of esters is 1. The number of hydrogen-bond donors (Lipinski definition) is 1. The van der Waals surface area contributed by atoms with E-state index in [0.29, 0.717) is 13.0 Å². The van der Waals surface area contributed by atoms with Crippen LogP contribution in [0.3, 0.4) is 0 Å². The standard InChI is InChI=1S/C16H21NO4/c1-4-20-16(19)15-13(9-14(18)17-15)11-5-7-12(8-6-11)21-10(2)3/h5-8,10,13,15H,4,9H2,1-3H3,(H,17,18). The molecule has 0 aliphatic carbocycles. The summed E-state index contributed by atoms with van der Waals surface area (Å²) in [5.41, 5.74) is 0.933. The van der Waals surface area contributed by atoms with Crippen LogP contribution in [0.1, 0.15) is 38.7 Å². The minimum absolute atomic E-state index is 0.109. The monoisotopic (exact) mass is 291 g/mol. The molecule has 5 nitrogen and oxygen atoms in total. The normalized spacial score (nSPS) is 21.2. The van der Waals surface area contributed by atoms with Gasteiger partial charge in [-0.3, -0.25) is 4.79 Å². The van der Waals surface area contributed by atoms with E-state index in [9.17, 15) is 9.59 Å². The molecule has 2 rings (SSSR count). The molecule has 0 saturated carbocycles. The average Bonchev–Trinajstić information content (AvgIpc) is 2.81. The van der Waals surface area contributed by atoms with Crippen LogP contribution in [0, 0.1) is 0 Å². The maximum atomic E-state index is 11.9. The van der Waals surface area contributed by atoms with Crippen molar-refractivity contribution in [3.63, 3.8) is 0 Å². The van der Waals surface area contributed by atoms with Gasteiger partial charge in [-0.25, -0.2) is 4.79 Å². The summed E-state index contributed by atoms with van der Waals surface area (Å²) in [6.07, 6.45) is 0.409. The fraction of sp³-hybridized carbons (Fsp3) is 0.500. The molecule has 1 fully saturated rings. The van der Waals surface area contributed by atoms with Crippen LogP contribution in [0.2, 0.25) is 0 Å². The van der Waals surface area contributed by atoms with E-state index in [1.54, 1.807) is 6.92 Å². The molecule has 21 heavy (non-hydrogen) atoms. The van der Waals surface area contributed by atoms with Crippen LogP contribution in [0.25, 0.3) is 0 Å². The molecule has 1 aliphatic rings. The highest BCUT2D eigenvalue weighted by Crippen LogP contribution is 2.30. The molecule has 0 spiro atoms. The van der Waals surface area contributed by atoms with Gasteiger partial charge in [-0.1, -0.05) is 12.1 Å². The molecule has 1 aromatic rings. The van der Waals surface area contributed by atoms with Crippen molar-refractivity contribution < 1.29 is 19.1 Å². The zero-order chi connectivity index (χ0) is 15.4.